The zero-order valence-corrected chi connectivity index (χ0v) is 15.3. The molecule has 0 bridgehead atoms. The molecule has 2 atom stereocenters. The van der Waals surface area contributed by atoms with Crippen LogP contribution in [-0.2, 0) is 9.84 Å². The molecule has 0 N–H and O–H groups in total. The van der Waals surface area contributed by atoms with Crippen molar-refractivity contribution in [3.63, 3.8) is 0 Å². The van der Waals surface area contributed by atoms with Gasteiger partial charge in [0.05, 0.1) is 10.6 Å². The first-order valence-electron chi connectivity index (χ1n) is 9.42. The van der Waals surface area contributed by atoms with E-state index in [9.17, 15) is 8.42 Å². The van der Waals surface area contributed by atoms with Crippen molar-refractivity contribution < 1.29 is 8.42 Å². The standard InChI is InChI=1S/C19H28N2O2S/c1-2-24(22,23)18-9-7-16(8-10-18)20-13-11-19-15(14-20)4-3-12-21(19)17-5-6-17/h7-10,15,17,19H,2-6,11-14H2,1H3/t15-,19-/m1/s1. The predicted molar refractivity (Wildman–Crippen MR) is 97.2 cm³/mol. The van der Waals surface area contributed by atoms with Gasteiger partial charge in [-0.1, -0.05) is 6.92 Å². The molecule has 0 amide bonds. The van der Waals surface area contributed by atoms with Crippen LogP contribution < -0.4 is 4.90 Å². The van der Waals surface area contributed by atoms with Gasteiger partial charge in [-0.2, -0.15) is 0 Å². The molecule has 0 unspecified atom stereocenters. The van der Waals surface area contributed by atoms with Crippen LogP contribution in [0.2, 0.25) is 0 Å². The lowest BCUT2D eigenvalue weighted by Crippen LogP contribution is -2.54. The Bertz CT molecular complexity index is 682. The quantitative estimate of drug-likeness (QED) is 0.839. The highest BCUT2D eigenvalue weighted by Gasteiger charge is 2.41. The molecule has 1 aromatic carbocycles. The highest BCUT2D eigenvalue weighted by atomic mass is 32.2. The highest BCUT2D eigenvalue weighted by Crippen LogP contribution is 2.39. The number of likely N-dealkylation sites (tertiary alicyclic amines) is 1. The Morgan fingerprint density at radius 3 is 2.46 bits per heavy atom. The van der Waals surface area contributed by atoms with E-state index in [1.165, 1.54) is 44.3 Å². The number of anilines is 1. The minimum atomic E-state index is -3.10. The molecule has 24 heavy (non-hydrogen) atoms. The first-order chi connectivity index (χ1) is 11.6. The molecule has 5 heteroatoms. The molecule has 0 radical (unpaired) electrons. The summed E-state index contributed by atoms with van der Waals surface area (Å²) < 4.78 is 23.9. The molecule has 3 aliphatic rings. The van der Waals surface area contributed by atoms with Crippen molar-refractivity contribution in [3.05, 3.63) is 24.3 Å². The predicted octanol–water partition coefficient (Wildman–Crippen LogP) is 2.93. The van der Waals surface area contributed by atoms with Gasteiger partial charge in [0.15, 0.2) is 9.84 Å². The van der Waals surface area contributed by atoms with Gasteiger partial charge >= 0.3 is 0 Å². The number of benzene rings is 1. The Labute approximate surface area is 145 Å². The highest BCUT2D eigenvalue weighted by molar-refractivity contribution is 7.91. The monoisotopic (exact) mass is 348 g/mol. The van der Waals surface area contributed by atoms with E-state index in [1.54, 1.807) is 19.1 Å². The number of hydrogen-bond acceptors (Lipinski definition) is 4. The molecule has 1 aliphatic carbocycles. The molecule has 0 spiro atoms. The molecule has 1 aromatic rings. The van der Waals surface area contributed by atoms with Crippen LogP contribution in [0.5, 0.6) is 0 Å². The van der Waals surface area contributed by atoms with Crippen LogP contribution in [0.15, 0.2) is 29.2 Å². The summed E-state index contributed by atoms with van der Waals surface area (Å²) in [6.07, 6.45) is 6.72. The largest absolute Gasteiger partial charge is 0.371 e. The summed E-state index contributed by atoms with van der Waals surface area (Å²) in [6, 6.07) is 9.19. The molecule has 1 saturated carbocycles. The van der Waals surface area contributed by atoms with Crippen LogP contribution in [0, 0.1) is 5.92 Å². The van der Waals surface area contributed by atoms with Crippen LogP contribution in [0.25, 0.3) is 0 Å². The van der Waals surface area contributed by atoms with Gasteiger partial charge < -0.3 is 4.90 Å². The van der Waals surface area contributed by atoms with E-state index in [-0.39, 0.29) is 5.75 Å². The Morgan fingerprint density at radius 2 is 1.79 bits per heavy atom. The van der Waals surface area contributed by atoms with Gasteiger partial charge in [-0.15, -0.1) is 0 Å². The fraction of sp³-hybridized carbons (Fsp3) is 0.684. The van der Waals surface area contributed by atoms with E-state index < -0.39 is 9.84 Å². The van der Waals surface area contributed by atoms with E-state index in [2.05, 4.69) is 9.80 Å². The van der Waals surface area contributed by atoms with Gasteiger partial charge in [-0.05, 0) is 68.8 Å². The van der Waals surface area contributed by atoms with Crippen molar-refractivity contribution in [1.82, 2.24) is 4.90 Å². The van der Waals surface area contributed by atoms with E-state index in [4.69, 9.17) is 0 Å². The summed E-state index contributed by atoms with van der Waals surface area (Å²) in [7, 11) is -3.10. The number of rotatable bonds is 4. The molecule has 4 rings (SSSR count). The Kier molecular flexibility index (Phi) is 4.33. The lowest BCUT2D eigenvalue weighted by Gasteiger charge is -2.48. The molecule has 0 aromatic heterocycles. The summed E-state index contributed by atoms with van der Waals surface area (Å²) in [5.41, 5.74) is 1.17. The number of piperidine rings is 2. The molecule has 2 aliphatic heterocycles. The van der Waals surface area contributed by atoms with E-state index >= 15 is 0 Å². The Hall–Kier alpha value is -1.07. The molecule has 3 fully saturated rings. The van der Waals surface area contributed by atoms with Crippen LogP contribution in [0.3, 0.4) is 0 Å². The van der Waals surface area contributed by atoms with Crippen LogP contribution >= 0.6 is 0 Å². The second-order valence-corrected chi connectivity index (χ2v) is 9.85. The second kappa shape index (κ2) is 6.34. The number of fused-ring (bicyclic) bond motifs is 1. The summed E-state index contributed by atoms with van der Waals surface area (Å²) in [6.45, 7) is 5.20. The van der Waals surface area contributed by atoms with Gasteiger partial charge in [0.25, 0.3) is 0 Å². The number of sulfone groups is 1. The first-order valence-corrected chi connectivity index (χ1v) is 11.1. The minimum absolute atomic E-state index is 0.164. The fourth-order valence-corrected chi connectivity index (χ4v) is 5.45. The number of hydrogen-bond donors (Lipinski definition) is 0. The maximum absolute atomic E-state index is 12.0. The third-order valence-electron chi connectivity index (χ3n) is 6.07. The zero-order chi connectivity index (χ0) is 16.7. The van der Waals surface area contributed by atoms with Crippen molar-refractivity contribution in [2.24, 2.45) is 5.92 Å². The van der Waals surface area contributed by atoms with Gasteiger partial charge in [-0.3, -0.25) is 4.90 Å². The maximum atomic E-state index is 12.0. The average Bonchev–Trinajstić information content (AvgIpc) is 3.46. The van der Waals surface area contributed by atoms with Crippen molar-refractivity contribution in [1.29, 1.82) is 0 Å². The Morgan fingerprint density at radius 1 is 1.04 bits per heavy atom. The smallest absolute Gasteiger partial charge is 0.178 e. The van der Waals surface area contributed by atoms with Gasteiger partial charge in [0.2, 0.25) is 0 Å². The lowest BCUT2D eigenvalue weighted by atomic mass is 9.83. The van der Waals surface area contributed by atoms with E-state index in [1.807, 2.05) is 12.1 Å². The van der Waals surface area contributed by atoms with Crippen molar-refractivity contribution in [3.8, 4) is 0 Å². The van der Waals surface area contributed by atoms with Crippen molar-refractivity contribution in [2.75, 3.05) is 30.3 Å². The molecular weight excluding hydrogens is 320 g/mol. The van der Waals surface area contributed by atoms with Crippen molar-refractivity contribution in [2.45, 2.75) is 56.0 Å². The third-order valence-corrected chi connectivity index (χ3v) is 7.82. The number of nitrogens with zero attached hydrogens (tertiary/aromatic N) is 2. The fourth-order valence-electron chi connectivity index (χ4n) is 4.57. The van der Waals surface area contributed by atoms with Crippen molar-refractivity contribution >= 4 is 15.5 Å². The van der Waals surface area contributed by atoms with Crippen LogP contribution in [-0.4, -0.2) is 50.8 Å². The third kappa shape index (κ3) is 3.08. The van der Waals surface area contributed by atoms with E-state index in [0.29, 0.717) is 4.90 Å². The average molecular weight is 349 g/mol. The maximum Gasteiger partial charge on any atom is 0.178 e. The van der Waals surface area contributed by atoms with Crippen LogP contribution in [0.4, 0.5) is 5.69 Å². The lowest BCUT2D eigenvalue weighted by molar-refractivity contribution is 0.0698. The topological polar surface area (TPSA) is 40.6 Å². The minimum Gasteiger partial charge on any atom is -0.371 e. The van der Waals surface area contributed by atoms with Gasteiger partial charge in [-0.25, -0.2) is 8.42 Å². The van der Waals surface area contributed by atoms with Gasteiger partial charge in [0.1, 0.15) is 0 Å². The summed E-state index contributed by atoms with van der Waals surface area (Å²) in [5, 5.41) is 0. The molecule has 132 valence electrons. The van der Waals surface area contributed by atoms with Gasteiger partial charge in [0, 0.05) is 30.9 Å². The molecular formula is C19H28N2O2S. The molecule has 2 saturated heterocycles. The summed E-state index contributed by atoms with van der Waals surface area (Å²) >= 11 is 0. The molecule has 2 heterocycles. The molecule has 4 nitrogen and oxygen atoms in total. The second-order valence-electron chi connectivity index (χ2n) is 7.57. The van der Waals surface area contributed by atoms with E-state index in [0.717, 1.165) is 31.1 Å². The SMILES string of the molecule is CCS(=O)(=O)c1ccc(N2CC[C@@H]3[C@H](CCCN3C3CC3)C2)cc1. The van der Waals surface area contributed by atoms with Crippen LogP contribution in [0.1, 0.15) is 39.0 Å². The summed E-state index contributed by atoms with van der Waals surface area (Å²) in [5.74, 6) is 0.934. The zero-order valence-electron chi connectivity index (χ0n) is 14.5. The Balaban J connectivity index is 1.46. The summed E-state index contributed by atoms with van der Waals surface area (Å²) in [4.78, 5) is 5.70. The normalized spacial score (nSPS) is 28.6. The first kappa shape index (κ1) is 16.4.